The molecule has 0 amide bonds. The van der Waals surface area contributed by atoms with Crippen LogP contribution in [0.5, 0.6) is 0 Å². The molecule has 1 aromatic carbocycles. The highest BCUT2D eigenvalue weighted by Crippen LogP contribution is 2.22. The smallest absolute Gasteiger partial charge is 0.238 e. The number of sulfonamides is 1. The van der Waals surface area contributed by atoms with Crippen molar-refractivity contribution in [3.05, 3.63) is 23.8 Å². The molecule has 1 aromatic rings. The Morgan fingerprint density at radius 3 is 2.79 bits per heavy atom. The van der Waals surface area contributed by atoms with Crippen molar-refractivity contribution in [2.45, 2.75) is 30.7 Å². The Morgan fingerprint density at radius 1 is 1.42 bits per heavy atom. The van der Waals surface area contributed by atoms with Gasteiger partial charge in [-0.3, -0.25) is 0 Å². The molecule has 2 rings (SSSR count). The predicted octanol–water partition coefficient (Wildman–Crippen LogP) is 1.15. The summed E-state index contributed by atoms with van der Waals surface area (Å²) >= 11 is 0. The van der Waals surface area contributed by atoms with Crippen molar-refractivity contribution in [2.75, 3.05) is 25.5 Å². The van der Waals surface area contributed by atoms with Crippen LogP contribution in [-0.2, 0) is 10.0 Å². The lowest BCUT2D eigenvalue weighted by Gasteiger charge is -2.31. The Morgan fingerprint density at radius 2 is 2.16 bits per heavy atom. The quantitative estimate of drug-likeness (QED) is 0.872. The number of aryl methyl sites for hydroxylation is 1. The first-order chi connectivity index (χ1) is 8.86. The second-order valence-electron chi connectivity index (χ2n) is 5.27. The lowest BCUT2D eigenvalue weighted by Crippen LogP contribution is -2.39. The van der Waals surface area contributed by atoms with Crippen LogP contribution in [0.4, 0.5) is 5.69 Å². The first kappa shape index (κ1) is 14.3. The van der Waals surface area contributed by atoms with E-state index in [2.05, 4.69) is 17.3 Å². The molecule has 0 radical (unpaired) electrons. The molecule has 5 nitrogen and oxygen atoms in total. The number of likely N-dealkylation sites (N-methyl/N-ethyl adjacent to an activating group) is 1. The van der Waals surface area contributed by atoms with Crippen molar-refractivity contribution in [2.24, 2.45) is 5.14 Å². The summed E-state index contributed by atoms with van der Waals surface area (Å²) in [7, 11) is -1.55. The van der Waals surface area contributed by atoms with Crippen molar-refractivity contribution >= 4 is 15.7 Å². The van der Waals surface area contributed by atoms with E-state index in [0.29, 0.717) is 6.04 Å². The fraction of sp³-hybridized carbons (Fsp3) is 0.538. The van der Waals surface area contributed by atoms with Gasteiger partial charge < -0.3 is 10.2 Å². The van der Waals surface area contributed by atoms with Gasteiger partial charge in [-0.2, -0.15) is 0 Å². The lowest BCUT2D eigenvalue weighted by atomic mass is 10.1. The summed E-state index contributed by atoms with van der Waals surface area (Å²) in [6.45, 7) is 4.05. The fourth-order valence-corrected chi connectivity index (χ4v) is 2.98. The molecule has 1 fully saturated rings. The molecule has 6 heteroatoms. The Balaban J connectivity index is 2.19. The van der Waals surface area contributed by atoms with Gasteiger partial charge in [0.15, 0.2) is 0 Å². The Bertz CT molecular complexity index is 557. The maximum atomic E-state index is 11.4. The third-order valence-corrected chi connectivity index (χ3v) is 4.43. The molecule has 1 saturated heterocycles. The number of nitrogens with two attached hydrogens (primary N) is 1. The number of primary sulfonamides is 1. The summed E-state index contributed by atoms with van der Waals surface area (Å²) in [5.41, 5.74) is 1.88. The summed E-state index contributed by atoms with van der Waals surface area (Å²) in [6.07, 6.45) is 2.26. The van der Waals surface area contributed by atoms with E-state index in [1.54, 1.807) is 18.2 Å². The van der Waals surface area contributed by atoms with Gasteiger partial charge in [-0.15, -0.1) is 0 Å². The maximum absolute atomic E-state index is 11.4. The first-order valence-electron chi connectivity index (χ1n) is 6.45. The molecule has 3 N–H and O–H groups in total. The van der Waals surface area contributed by atoms with Crippen LogP contribution in [0.25, 0.3) is 0 Å². The van der Waals surface area contributed by atoms with Crippen LogP contribution in [-0.4, -0.2) is 39.5 Å². The molecular weight excluding hydrogens is 262 g/mol. The Kier molecular flexibility index (Phi) is 4.13. The van der Waals surface area contributed by atoms with Gasteiger partial charge in [0.2, 0.25) is 10.0 Å². The molecule has 0 saturated carbocycles. The van der Waals surface area contributed by atoms with Gasteiger partial charge in [0, 0.05) is 18.3 Å². The number of piperidine rings is 1. The topological polar surface area (TPSA) is 75.4 Å². The highest BCUT2D eigenvalue weighted by atomic mass is 32.2. The molecule has 1 aliphatic heterocycles. The molecular formula is C13H21N3O2S. The third kappa shape index (κ3) is 3.68. The molecule has 0 aliphatic carbocycles. The van der Waals surface area contributed by atoms with Gasteiger partial charge in [0.05, 0.1) is 4.90 Å². The van der Waals surface area contributed by atoms with E-state index in [0.717, 1.165) is 37.2 Å². The summed E-state index contributed by atoms with van der Waals surface area (Å²) in [5.74, 6) is 0. The normalized spacial score (nSPS) is 21.3. The SMILES string of the molecule is Cc1ccc(S(N)(=O)=O)cc1NC1CCCN(C)C1. The first-order valence-corrected chi connectivity index (χ1v) is 7.99. The van der Waals surface area contributed by atoms with E-state index >= 15 is 0 Å². The van der Waals surface area contributed by atoms with Gasteiger partial charge in [-0.1, -0.05) is 6.07 Å². The third-order valence-electron chi connectivity index (χ3n) is 3.52. The number of rotatable bonds is 3. The van der Waals surface area contributed by atoms with Crippen LogP contribution in [0.1, 0.15) is 18.4 Å². The van der Waals surface area contributed by atoms with Crippen LogP contribution in [0.15, 0.2) is 23.1 Å². The number of hydrogen-bond donors (Lipinski definition) is 2. The monoisotopic (exact) mass is 283 g/mol. The van der Waals surface area contributed by atoms with Crippen LogP contribution < -0.4 is 10.5 Å². The molecule has 0 bridgehead atoms. The number of nitrogens with one attached hydrogen (secondary N) is 1. The van der Waals surface area contributed by atoms with Gasteiger partial charge in [-0.05, 0) is 51.1 Å². The number of nitrogens with zero attached hydrogens (tertiary/aromatic N) is 1. The molecule has 19 heavy (non-hydrogen) atoms. The van der Waals surface area contributed by atoms with Gasteiger partial charge in [0.25, 0.3) is 0 Å². The van der Waals surface area contributed by atoms with Crippen molar-refractivity contribution in [1.82, 2.24) is 4.90 Å². The molecule has 0 aromatic heterocycles. The summed E-state index contributed by atoms with van der Waals surface area (Å²) in [4.78, 5) is 2.43. The van der Waals surface area contributed by atoms with E-state index in [1.165, 1.54) is 0 Å². The minimum atomic E-state index is -3.64. The molecule has 1 aliphatic rings. The zero-order valence-corrected chi connectivity index (χ0v) is 12.2. The average molecular weight is 283 g/mol. The summed E-state index contributed by atoms with van der Waals surface area (Å²) in [5, 5.41) is 8.60. The van der Waals surface area contributed by atoms with Crippen LogP contribution >= 0.6 is 0 Å². The van der Waals surface area contributed by atoms with Crippen molar-refractivity contribution in [1.29, 1.82) is 0 Å². The Hall–Kier alpha value is -1.11. The largest absolute Gasteiger partial charge is 0.381 e. The van der Waals surface area contributed by atoms with Crippen molar-refractivity contribution in [3.8, 4) is 0 Å². The van der Waals surface area contributed by atoms with Crippen LogP contribution in [0.3, 0.4) is 0 Å². The molecule has 1 heterocycles. The fourth-order valence-electron chi connectivity index (χ4n) is 2.44. The molecule has 1 atom stereocenters. The average Bonchev–Trinajstić information content (AvgIpc) is 2.30. The van der Waals surface area contributed by atoms with E-state index in [-0.39, 0.29) is 4.90 Å². The number of hydrogen-bond acceptors (Lipinski definition) is 4. The number of benzene rings is 1. The lowest BCUT2D eigenvalue weighted by molar-refractivity contribution is 0.261. The molecule has 106 valence electrons. The molecule has 1 unspecified atom stereocenters. The van der Waals surface area contributed by atoms with Crippen LogP contribution in [0, 0.1) is 6.92 Å². The zero-order chi connectivity index (χ0) is 14.0. The second kappa shape index (κ2) is 5.48. The van der Waals surface area contributed by atoms with Gasteiger partial charge in [-0.25, -0.2) is 13.6 Å². The van der Waals surface area contributed by atoms with E-state index in [1.807, 2.05) is 6.92 Å². The van der Waals surface area contributed by atoms with E-state index < -0.39 is 10.0 Å². The minimum Gasteiger partial charge on any atom is -0.381 e. The number of anilines is 1. The van der Waals surface area contributed by atoms with E-state index in [9.17, 15) is 8.42 Å². The standard InChI is InChI=1S/C13H21N3O2S/c1-10-5-6-12(19(14,17)18)8-13(10)15-11-4-3-7-16(2)9-11/h5-6,8,11,15H,3-4,7,9H2,1-2H3,(H2,14,17,18). The second-order valence-corrected chi connectivity index (χ2v) is 6.83. The minimum absolute atomic E-state index is 0.157. The van der Waals surface area contributed by atoms with Crippen LogP contribution in [0.2, 0.25) is 0 Å². The van der Waals surface area contributed by atoms with Gasteiger partial charge >= 0.3 is 0 Å². The van der Waals surface area contributed by atoms with Gasteiger partial charge in [0.1, 0.15) is 0 Å². The number of likely N-dealkylation sites (tertiary alicyclic amines) is 1. The van der Waals surface area contributed by atoms with Crippen molar-refractivity contribution < 1.29 is 8.42 Å². The highest BCUT2D eigenvalue weighted by Gasteiger charge is 2.18. The van der Waals surface area contributed by atoms with Crippen molar-refractivity contribution in [3.63, 3.8) is 0 Å². The Labute approximate surface area is 114 Å². The summed E-state index contributed by atoms with van der Waals surface area (Å²) < 4.78 is 22.8. The molecule has 0 spiro atoms. The summed E-state index contributed by atoms with van der Waals surface area (Å²) in [6, 6.07) is 5.31. The maximum Gasteiger partial charge on any atom is 0.238 e. The van der Waals surface area contributed by atoms with E-state index in [4.69, 9.17) is 5.14 Å². The highest BCUT2D eigenvalue weighted by molar-refractivity contribution is 7.89. The zero-order valence-electron chi connectivity index (χ0n) is 11.4. The predicted molar refractivity (Wildman–Crippen MR) is 76.7 cm³/mol.